The molecule has 0 N–H and O–H groups in total. The van der Waals surface area contributed by atoms with Crippen LogP contribution in [0.1, 0.15) is 22.6 Å². The monoisotopic (exact) mass is 462 g/mol. The second kappa shape index (κ2) is 8.15. The first-order valence-electron chi connectivity index (χ1n) is 9.29. The van der Waals surface area contributed by atoms with E-state index in [1.54, 1.807) is 13.0 Å². The molecule has 4 aromatic rings. The third-order valence-corrected chi connectivity index (χ3v) is 6.04. The highest BCUT2D eigenvalue weighted by Crippen LogP contribution is 2.27. The fourth-order valence-corrected chi connectivity index (χ4v) is 4.39. The maximum Gasteiger partial charge on any atom is 0.336 e. The van der Waals surface area contributed by atoms with Gasteiger partial charge in [0, 0.05) is 17.5 Å². The molecular formula is C21H16F2N2O6S. The molecule has 2 aromatic carbocycles. The summed E-state index contributed by atoms with van der Waals surface area (Å²) in [6, 6.07) is 7.44. The first-order valence-corrected chi connectivity index (χ1v) is 10.9. The van der Waals surface area contributed by atoms with E-state index in [1.807, 2.05) is 6.92 Å². The number of sulfone groups is 1. The van der Waals surface area contributed by atoms with Crippen LogP contribution < -0.4 is 10.4 Å². The number of halogens is 2. The summed E-state index contributed by atoms with van der Waals surface area (Å²) in [4.78, 5) is 11.6. The van der Waals surface area contributed by atoms with Gasteiger partial charge in [-0.2, -0.15) is 0 Å². The molecule has 0 spiro atoms. The van der Waals surface area contributed by atoms with E-state index in [0.717, 1.165) is 34.7 Å². The Hall–Kier alpha value is -3.60. The Morgan fingerprint density at radius 2 is 1.72 bits per heavy atom. The van der Waals surface area contributed by atoms with Crippen molar-refractivity contribution in [3.05, 3.63) is 81.0 Å². The van der Waals surface area contributed by atoms with Gasteiger partial charge in [-0.15, -0.1) is 5.10 Å². The number of aryl methyl sites for hydroxylation is 2. The molecule has 0 saturated heterocycles. The zero-order chi connectivity index (χ0) is 23.0. The minimum atomic E-state index is -4.08. The SMILES string of the molecule is Cc1cc(OCc2nnc(S(=O)(=O)Cc3ccc(F)c(F)c3)o2)cc2oc(=O)cc(C)c12. The van der Waals surface area contributed by atoms with Crippen molar-refractivity contribution in [3.8, 4) is 5.75 Å². The molecule has 0 saturated carbocycles. The molecule has 0 radical (unpaired) electrons. The summed E-state index contributed by atoms with van der Waals surface area (Å²) in [5.41, 5.74) is 1.49. The van der Waals surface area contributed by atoms with Crippen LogP contribution in [0.4, 0.5) is 8.78 Å². The summed E-state index contributed by atoms with van der Waals surface area (Å²) in [5.74, 6) is -2.64. The van der Waals surface area contributed by atoms with E-state index in [2.05, 4.69) is 10.2 Å². The molecule has 11 heteroatoms. The molecule has 2 aromatic heterocycles. The van der Waals surface area contributed by atoms with E-state index in [0.29, 0.717) is 11.3 Å². The van der Waals surface area contributed by atoms with E-state index in [9.17, 15) is 22.0 Å². The third-order valence-electron chi connectivity index (χ3n) is 4.63. The van der Waals surface area contributed by atoms with Crippen molar-refractivity contribution in [2.75, 3.05) is 0 Å². The van der Waals surface area contributed by atoms with Gasteiger partial charge in [-0.1, -0.05) is 11.2 Å². The highest BCUT2D eigenvalue weighted by Gasteiger charge is 2.24. The van der Waals surface area contributed by atoms with Crippen LogP contribution in [0.15, 0.2) is 55.2 Å². The van der Waals surface area contributed by atoms with Gasteiger partial charge in [0.15, 0.2) is 18.2 Å². The first-order chi connectivity index (χ1) is 15.1. The normalized spacial score (nSPS) is 11.8. The number of rotatable bonds is 6. The van der Waals surface area contributed by atoms with Gasteiger partial charge >= 0.3 is 10.8 Å². The van der Waals surface area contributed by atoms with Crippen molar-refractivity contribution >= 4 is 20.8 Å². The van der Waals surface area contributed by atoms with Crippen LogP contribution in [0.2, 0.25) is 0 Å². The Morgan fingerprint density at radius 3 is 2.47 bits per heavy atom. The molecule has 0 amide bonds. The lowest BCUT2D eigenvalue weighted by atomic mass is 10.1. The number of aromatic nitrogens is 2. The fourth-order valence-electron chi connectivity index (χ4n) is 3.26. The maximum atomic E-state index is 13.3. The largest absolute Gasteiger partial charge is 0.484 e. The zero-order valence-corrected chi connectivity index (χ0v) is 17.7. The molecule has 0 atom stereocenters. The lowest BCUT2D eigenvalue weighted by Gasteiger charge is -2.08. The quantitative estimate of drug-likeness (QED) is 0.399. The molecule has 0 unspecified atom stereocenters. The van der Waals surface area contributed by atoms with Gasteiger partial charge in [-0.3, -0.25) is 0 Å². The number of nitrogens with zero attached hydrogens (tertiary/aromatic N) is 2. The lowest BCUT2D eigenvalue weighted by Crippen LogP contribution is -2.06. The van der Waals surface area contributed by atoms with Gasteiger partial charge in [0.1, 0.15) is 11.3 Å². The Bertz CT molecular complexity index is 1490. The zero-order valence-electron chi connectivity index (χ0n) is 16.9. The third kappa shape index (κ3) is 4.37. The van der Waals surface area contributed by atoms with Gasteiger partial charge in [-0.05, 0) is 48.7 Å². The summed E-state index contributed by atoms with van der Waals surface area (Å²) in [5, 5.41) is 7.29. The molecule has 8 nitrogen and oxygen atoms in total. The Labute approximate surface area is 180 Å². The molecule has 0 aliphatic carbocycles. The van der Waals surface area contributed by atoms with E-state index in [4.69, 9.17) is 13.6 Å². The van der Waals surface area contributed by atoms with E-state index >= 15 is 0 Å². The fraction of sp³-hybridized carbons (Fsp3) is 0.190. The molecule has 2 heterocycles. The van der Waals surface area contributed by atoms with Crippen molar-refractivity contribution in [1.29, 1.82) is 0 Å². The molecule has 4 rings (SSSR count). The van der Waals surface area contributed by atoms with E-state index < -0.39 is 38.1 Å². The number of hydrogen-bond donors (Lipinski definition) is 0. The van der Waals surface area contributed by atoms with Gasteiger partial charge in [0.05, 0.1) is 5.75 Å². The average Bonchev–Trinajstić information content (AvgIpc) is 3.18. The predicted molar refractivity (Wildman–Crippen MR) is 108 cm³/mol. The maximum absolute atomic E-state index is 13.3. The number of fused-ring (bicyclic) bond motifs is 1. The Kier molecular flexibility index (Phi) is 5.51. The first kappa shape index (κ1) is 21.6. The molecule has 0 bridgehead atoms. The van der Waals surface area contributed by atoms with Crippen molar-refractivity contribution < 1.29 is 30.8 Å². The van der Waals surface area contributed by atoms with Crippen molar-refractivity contribution in [2.24, 2.45) is 0 Å². The van der Waals surface area contributed by atoms with Crippen molar-refractivity contribution in [3.63, 3.8) is 0 Å². The lowest BCUT2D eigenvalue weighted by molar-refractivity contribution is 0.250. The number of ether oxygens (including phenoxy) is 1. The van der Waals surface area contributed by atoms with E-state index in [1.165, 1.54) is 12.1 Å². The minimum absolute atomic E-state index is 0.0309. The van der Waals surface area contributed by atoms with Crippen LogP contribution in [-0.2, 0) is 22.2 Å². The van der Waals surface area contributed by atoms with Crippen LogP contribution in [0.25, 0.3) is 11.0 Å². The summed E-state index contributed by atoms with van der Waals surface area (Å²) in [7, 11) is -4.08. The standard InChI is InChI=1S/C21H16F2N2O6S/c1-11-5-14(8-17-20(11)12(2)6-19(26)30-17)29-9-18-24-25-21(31-18)32(27,28)10-13-3-4-15(22)16(23)7-13/h3-8H,9-10H2,1-2H3. The van der Waals surface area contributed by atoms with Crippen LogP contribution >= 0.6 is 0 Å². The van der Waals surface area contributed by atoms with Crippen LogP contribution in [0.3, 0.4) is 0 Å². The molecule has 32 heavy (non-hydrogen) atoms. The minimum Gasteiger partial charge on any atom is -0.484 e. The summed E-state index contributed by atoms with van der Waals surface area (Å²) in [6.45, 7) is 3.39. The van der Waals surface area contributed by atoms with Crippen LogP contribution in [0, 0.1) is 25.5 Å². The Balaban J connectivity index is 1.51. The summed E-state index contributed by atoms with van der Waals surface area (Å²) in [6.07, 6.45) is 0. The number of hydrogen-bond acceptors (Lipinski definition) is 8. The highest BCUT2D eigenvalue weighted by molar-refractivity contribution is 7.90. The smallest absolute Gasteiger partial charge is 0.336 e. The van der Waals surface area contributed by atoms with Crippen molar-refractivity contribution in [1.82, 2.24) is 10.2 Å². The molecule has 0 aliphatic heterocycles. The van der Waals surface area contributed by atoms with Gasteiger partial charge in [0.25, 0.3) is 5.89 Å². The molecule has 0 aliphatic rings. The molecule has 0 fully saturated rings. The predicted octanol–water partition coefficient (Wildman–Crippen LogP) is 3.62. The van der Waals surface area contributed by atoms with Crippen LogP contribution in [-0.4, -0.2) is 18.6 Å². The average molecular weight is 462 g/mol. The van der Waals surface area contributed by atoms with Gasteiger partial charge < -0.3 is 13.6 Å². The second-order valence-electron chi connectivity index (χ2n) is 7.12. The van der Waals surface area contributed by atoms with E-state index in [-0.39, 0.29) is 18.1 Å². The van der Waals surface area contributed by atoms with Gasteiger partial charge in [-0.25, -0.2) is 22.0 Å². The molecule has 166 valence electrons. The molecular weight excluding hydrogens is 446 g/mol. The highest BCUT2D eigenvalue weighted by atomic mass is 32.2. The Morgan fingerprint density at radius 1 is 0.969 bits per heavy atom. The second-order valence-corrected chi connectivity index (χ2v) is 8.99. The summed E-state index contributed by atoms with van der Waals surface area (Å²) < 4.78 is 67.2. The number of benzene rings is 2. The van der Waals surface area contributed by atoms with Crippen molar-refractivity contribution in [2.45, 2.75) is 31.4 Å². The van der Waals surface area contributed by atoms with Crippen LogP contribution in [0.5, 0.6) is 5.75 Å². The summed E-state index contributed by atoms with van der Waals surface area (Å²) >= 11 is 0. The topological polar surface area (TPSA) is 112 Å². The van der Waals surface area contributed by atoms with Gasteiger partial charge in [0.2, 0.25) is 9.84 Å².